The lowest BCUT2D eigenvalue weighted by molar-refractivity contribution is 0.387. The zero-order valence-electron chi connectivity index (χ0n) is 10.0. The first-order valence-electron chi connectivity index (χ1n) is 4.97. The summed E-state index contributed by atoms with van der Waals surface area (Å²) >= 11 is 5.97. The Labute approximate surface area is 96.5 Å². The van der Waals surface area contributed by atoms with Crippen LogP contribution < -0.4 is 0 Å². The van der Waals surface area contributed by atoms with Gasteiger partial charge >= 0.3 is 0 Å². The van der Waals surface area contributed by atoms with Gasteiger partial charge in [0.25, 0.3) is 0 Å². The molecule has 3 nitrogen and oxygen atoms in total. The molecular weight excluding hydrogens is 210 g/mol. The molecule has 0 aromatic carbocycles. The largest absolute Gasteiger partial charge is 0.302 e. The third-order valence-corrected chi connectivity index (χ3v) is 2.16. The Morgan fingerprint density at radius 1 is 1.27 bits per heavy atom. The molecule has 4 heteroatoms. The zero-order valence-corrected chi connectivity index (χ0v) is 10.8. The number of halogens is 1. The molecule has 0 aliphatic heterocycles. The van der Waals surface area contributed by atoms with Crippen LogP contribution in [0.15, 0.2) is 6.07 Å². The summed E-state index contributed by atoms with van der Waals surface area (Å²) in [7, 11) is 3.97. The maximum atomic E-state index is 5.97. The summed E-state index contributed by atoms with van der Waals surface area (Å²) in [6.07, 6.45) is 0. The van der Waals surface area contributed by atoms with Crippen LogP contribution in [0, 0.1) is 0 Å². The molecule has 1 aromatic rings. The minimum atomic E-state index is 0.00758. The Hall–Kier alpha value is -0.670. The molecule has 15 heavy (non-hydrogen) atoms. The Balaban J connectivity index is 3.06. The van der Waals surface area contributed by atoms with Crippen molar-refractivity contribution in [1.82, 2.24) is 14.9 Å². The number of hydrogen-bond donors (Lipinski definition) is 0. The van der Waals surface area contributed by atoms with Crippen LogP contribution in [-0.2, 0) is 12.0 Å². The van der Waals surface area contributed by atoms with Crippen LogP contribution in [0.5, 0.6) is 0 Å². The number of rotatable bonds is 2. The molecule has 1 heterocycles. The molecule has 84 valence electrons. The summed E-state index contributed by atoms with van der Waals surface area (Å²) in [4.78, 5) is 10.7. The van der Waals surface area contributed by atoms with Crippen molar-refractivity contribution in [2.45, 2.75) is 32.7 Å². The van der Waals surface area contributed by atoms with E-state index in [9.17, 15) is 0 Å². The second-order valence-corrected chi connectivity index (χ2v) is 5.37. The van der Waals surface area contributed by atoms with Crippen LogP contribution in [0.25, 0.3) is 0 Å². The van der Waals surface area contributed by atoms with E-state index in [1.54, 1.807) is 0 Å². The van der Waals surface area contributed by atoms with Crippen LogP contribution in [0.2, 0.25) is 5.15 Å². The lowest BCUT2D eigenvalue weighted by Crippen LogP contribution is -2.19. The molecule has 0 N–H and O–H groups in total. The minimum absolute atomic E-state index is 0.00758. The van der Waals surface area contributed by atoms with Crippen molar-refractivity contribution in [3.8, 4) is 0 Å². The van der Waals surface area contributed by atoms with Crippen LogP contribution >= 0.6 is 11.6 Å². The fourth-order valence-electron chi connectivity index (χ4n) is 1.20. The van der Waals surface area contributed by atoms with Crippen molar-refractivity contribution in [3.05, 3.63) is 22.7 Å². The molecule has 0 aliphatic rings. The van der Waals surface area contributed by atoms with E-state index in [0.717, 1.165) is 11.5 Å². The smallest absolute Gasteiger partial charge is 0.144 e. The summed E-state index contributed by atoms with van der Waals surface area (Å²) in [5.74, 6) is 0.775. The van der Waals surface area contributed by atoms with Crippen LogP contribution in [-0.4, -0.2) is 29.0 Å². The van der Waals surface area contributed by atoms with E-state index in [1.807, 2.05) is 25.1 Å². The lowest BCUT2D eigenvalue weighted by Gasteiger charge is -2.19. The van der Waals surface area contributed by atoms with E-state index in [2.05, 4.69) is 30.7 Å². The molecule has 0 aliphatic carbocycles. The number of aromatic nitrogens is 2. The number of hydrogen-bond acceptors (Lipinski definition) is 3. The summed E-state index contributed by atoms with van der Waals surface area (Å²) < 4.78 is 0. The zero-order chi connectivity index (χ0) is 11.6. The van der Waals surface area contributed by atoms with Gasteiger partial charge in [0.15, 0.2) is 0 Å². The summed E-state index contributed by atoms with van der Waals surface area (Å²) in [5, 5.41) is 0.520. The molecule has 0 radical (unpaired) electrons. The van der Waals surface area contributed by atoms with E-state index < -0.39 is 0 Å². The summed E-state index contributed by atoms with van der Waals surface area (Å²) in [5.41, 5.74) is 0.993. The average molecular weight is 228 g/mol. The number of nitrogens with zero attached hydrogens (tertiary/aromatic N) is 3. The van der Waals surface area contributed by atoms with Gasteiger partial charge in [0.1, 0.15) is 11.0 Å². The standard InChI is InChI=1S/C11H18ClN3/c1-11(2,3)8-6-9(12)14-10(13-8)7-15(4)5/h6H,7H2,1-5H3. The maximum Gasteiger partial charge on any atom is 0.144 e. The van der Waals surface area contributed by atoms with Crippen molar-refractivity contribution < 1.29 is 0 Å². The van der Waals surface area contributed by atoms with Gasteiger partial charge in [-0.3, -0.25) is 0 Å². The summed E-state index contributed by atoms with van der Waals surface area (Å²) in [6, 6.07) is 1.83. The molecule has 1 rings (SSSR count). The highest BCUT2D eigenvalue weighted by atomic mass is 35.5. The predicted molar refractivity (Wildman–Crippen MR) is 63.1 cm³/mol. The Morgan fingerprint density at radius 3 is 2.33 bits per heavy atom. The third kappa shape index (κ3) is 3.76. The maximum absolute atomic E-state index is 5.97. The first-order valence-corrected chi connectivity index (χ1v) is 5.35. The van der Waals surface area contributed by atoms with E-state index in [1.165, 1.54) is 0 Å². The van der Waals surface area contributed by atoms with Crippen molar-refractivity contribution in [3.63, 3.8) is 0 Å². The Kier molecular flexibility index (Phi) is 3.68. The van der Waals surface area contributed by atoms with Gasteiger partial charge in [-0.15, -0.1) is 0 Å². The van der Waals surface area contributed by atoms with Crippen LogP contribution in [0.3, 0.4) is 0 Å². The highest BCUT2D eigenvalue weighted by Crippen LogP contribution is 2.22. The predicted octanol–water partition coefficient (Wildman–Crippen LogP) is 2.49. The molecule has 0 saturated carbocycles. The van der Waals surface area contributed by atoms with Gasteiger partial charge in [-0.1, -0.05) is 32.4 Å². The first-order chi connectivity index (χ1) is 6.79. The third-order valence-electron chi connectivity index (χ3n) is 1.97. The SMILES string of the molecule is CN(C)Cc1nc(Cl)cc(C(C)(C)C)n1. The highest BCUT2D eigenvalue weighted by molar-refractivity contribution is 6.29. The molecule has 1 aromatic heterocycles. The fraction of sp³-hybridized carbons (Fsp3) is 0.636. The van der Waals surface area contributed by atoms with Gasteiger partial charge in [-0.05, 0) is 20.2 Å². The molecule has 0 bridgehead atoms. The second-order valence-electron chi connectivity index (χ2n) is 4.98. The molecule has 0 fully saturated rings. The van der Waals surface area contributed by atoms with Gasteiger partial charge in [0.2, 0.25) is 0 Å². The first kappa shape index (κ1) is 12.4. The Morgan fingerprint density at radius 2 is 1.87 bits per heavy atom. The fourth-order valence-corrected chi connectivity index (χ4v) is 1.40. The molecule has 0 atom stereocenters. The monoisotopic (exact) mass is 227 g/mol. The quantitative estimate of drug-likeness (QED) is 0.727. The topological polar surface area (TPSA) is 29.0 Å². The van der Waals surface area contributed by atoms with Crippen LogP contribution in [0.1, 0.15) is 32.3 Å². The van der Waals surface area contributed by atoms with Crippen molar-refractivity contribution in [2.24, 2.45) is 0 Å². The van der Waals surface area contributed by atoms with Gasteiger partial charge in [-0.2, -0.15) is 0 Å². The molecule has 0 unspecified atom stereocenters. The molecule has 0 spiro atoms. The van der Waals surface area contributed by atoms with Gasteiger partial charge in [0.05, 0.1) is 12.2 Å². The van der Waals surface area contributed by atoms with E-state index >= 15 is 0 Å². The second kappa shape index (κ2) is 4.45. The van der Waals surface area contributed by atoms with Crippen LogP contribution in [0.4, 0.5) is 0 Å². The van der Waals surface area contributed by atoms with Crippen molar-refractivity contribution in [2.75, 3.05) is 14.1 Å². The summed E-state index contributed by atoms with van der Waals surface area (Å²) in [6.45, 7) is 7.06. The van der Waals surface area contributed by atoms with Crippen molar-refractivity contribution in [1.29, 1.82) is 0 Å². The Bertz CT molecular complexity index is 342. The van der Waals surface area contributed by atoms with E-state index in [-0.39, 0.29) is 5.41 Å². The minimum Gasteiger partial charge on any atom is -0.302 e. The van der Waals surface area contributed by atoms with Gasteiger partial charge in [-0.25, -0.2) is 9.97 Å². The van der Waals surface area contributed by atoms with E-state index in [0.29, 0.717) is 11.7 Å². The van der Waals surface area contributed by atoms with Gasteiger partial charge in [0, 0.05) is 5.41 Å². The highest BCUT2D eigenvalue weighted by Gasteiger charge is 2.17. The van der Waals surface area contributed by atoms with Gasteiger partial charge < -0.3 is 4.90 Å². The molecular formula is C11H18ClN3. The normalized spacial score (nSPS) is 12.2. The average Bonchev–Trinajstić information content (AvgIpc) is 1.99. The molecule has 0 amide bonds. The lowest BCUT2D eigenvalue weighted by atomic mass is 9.92. The van der Waals surface area contributed by atoms with E-state index in [4.69, 9.17) is 11.6 Å². The molecule has 0 saturated heterocycles. The van der Waals surface area contributed by atoms with Crippen molar-refractivity contribution >= 4 is 11.6 Å².